The maximum Gasteiger partial charge on any atom is 0.191 e. The number of H-pyrrole nitrogens is 1. The molecular formula is C19H29FN4O2S. The summed E-state index contributed by atoms with van der Waals surface area (Å²) in [5, 5.41) is 7.18. The fourth-order valence-electron chi connectivity index (χ4n) is 2.60. The highest BCUT2D eigenvalue weighted by Crippen LogP contribution is 2.19. The topological polar surface area (TPSA) is 86.3 Å². The number of hydrogen-bond acceptors (Lipinski definition) is 3. The van der Waals surface area contributed by atoms with Gasteiger partial charge >= 0.3 is 0 Å². The molecule has 1 aromatic heterocycles. The van der Waals surface area contributed by atoms with Crippen LogP contribution in [0, 0.1) is 5.82 Å². The Morgan fingerprint density at radius 3 is 2.67 bits per heavy atom. The van der Waals surface area contributed by atoms with Gasteiger partial charge in [-0.1, -0.05) is 0 Å². The second-order valence-corrected chi connectivity index (χ2v) is 10.2. The Morgan fingerprint density at radius 2 is 2.00 bits per heavy atom. The van der Waals surface area contributed by atoms with Crippen molar-refractivity contribution in [3.05, 3.63) is 35.8 Å². The first kappa shape index (κ1) is 21.2. The Bertz CT molecular complexity index is 898. The molecule has 0 saturated heterocycles. The minimum Gasteiger partial charge on any atom is -0.361 e. The van der Waals surface area contributed by atoms with Crippen LogP contribution in [0.25, 0.3) is 10.9 Å². The number of rotatable bonds is 7. The van der Waals surface area contributed by atoms with E-state index in [0.717, 1.165) is 16.5 Å². The number of nitrogens with zero attached hydrogens (tertiary/aromatic N) is 1. The van der Waals surface area contributed by atoms with Gasteiger partial charge < -0.3 is 15.6 Å². The molecule has 0 aliphatic rings. The zero-order valence-electron chi connectivity index (χ0n) is 16.4. The van der Waals surface area contributed by atoms with Crippen LogP contribution in [0.4, 0.5) is 4.39 Å². The van der Waals surface area contributed by atoms with Gasteiger partial charge in [0.2, 0.25) is 0 Å². The average Bonchev–Trinajstić information content (AvgIpc) is 2.96. The molecule has 0 radical (unpaired) electrons. The van der Waals surface area contributed by atoms with Gasteiger partial charge in [0, 0.05) is 30.2 Å². The van der Waals surface area contributed by atoms with E-state index in [1.54, 1.807) is 26.8 Å². The summed E-state index contributed by atoms with van der Waals surface area (Å²) in [5.41, 5.74) is 1.92. The Balaban J connectivity index is 1.94. The largest absolute Gasteiger partial charge is 0.361 e. The minimum absolute atomic E-state index is 0.00873. The zero-order chi connectivity index (χ0) is 20.1. The van der Waals surface area contributed by atoms with Crippen LogP contribution >= 0.6 is 0 Å². The van der Waals surface area contributed by atoms with Crippen molar-refractivity contribution in [2.45, 2.75) is 38.9 Å². The number of sulfone groups is 1. The van der Waals surface area contributed by atoms with Crippen molar-refractivity contribution < 1.29 is 12.8 Å². The van der Waals surface area contributed by atoms with Gasteiger partial charge in [0.05, 0.1) is 17.0 Å². The van der Waals surface area contributed by atoms with Gasteiger partial charge in [-0.15, -0.1) is 0 Å². The molecule has 0 bridgehead atoms. The highest BCUT2D eigenvalue weighted by atomic mass is 32.2. The first-order chi connectivity index (χ1) is 12.6. The van der Waals surface area contributed by atoms with Crippen LogP contribution in [0.1, 0.15) is 33.3 Å². The standard InChI is InChI=1S/C19H29FN4O2S/c1-5-21-18(23-10-11-27(25,26)19(2,3)4)22-9-8-14-13-24-17-7-6-15(20)12-16(14)17/h6-7,12-13,24H,5,8-11H2,1-4H3,(H2,21,22,23). The van der Waals surface area contributed by atoms with E-state index in [0.29, 0.717) is 25.5 Å². The molecule has 2 aromatic rings. The van der Waals surface area contributed by atoms with Crippen LogP contribution in [0.2, 0.25) is 0 Å². The third-order valence-electron chi connectivity index (χ3n) is 4.32. The van der Waals surface area contributed by atoms with E-state index in [2.05, 4.69) is 20.6 Å². The lowest BCUT2D eigenvalue weighted by molar-refractivity contribution is 0.560. The maximum atomic E-state index is 13.5. The molecule has 0 aliphatic carbocycles. The predicted octanol–water partition coefficient (Wildman–Crippen LogP) is 2.62. The molecule has 0 fully saturated rings. The van der Waals surface area contributed by atoms with Crippen molar-refractivity contribution in [1.82, 2.24) is 15.6 Å². The van der Waals surface area contributed by atoms with Crippen LogP contribution in [-0.2, 0) is 16.3 Å². The van der Waals surface area contributed by atoms with Gasteiger partial charge in [0.25, 0.3) is 0 Å². The van der Waals surface area contributed by atoms with E-state index < -0.39 is 14.6 Å². The summed E-state index contributed by atoms with van der Waals surface area (Å²) in [6.07, 6.45) is 2.57. The summed E-state index contributed by atoms with van der Waals surface area (Å²) >= 11 is 0. The molecule has 0 amide bonds. The van der Waals surface area contributed by atoms with Gasteiger partial charge in [-0.3, -0.25) is 4.99 Å². The molecule has 0 saturated carbocycles. The van der Waals surface area contributed by atoms with Crippen LogP contribution in [0.5, 0.6) is 0 Å². The second-order valence-electron chi connectivity index (χ2n) is 7.37. The number of fused-ring (bicyclic) bond motifs is 1. The summed E-state index contributed by atoms with van der Waals surface area (Å²) in [6.45, 7) is 8.51. The second kappa shape index (κ2) is 8.73. The third-order valence-corrected chi connectivity index (χ3v) is 6.91. The lowest BCUT2D eigenvalue weighted by Crippen LogP contribution is -2.39. The Kier molecular flexibility index (Phi) is 6.86. The summed E-state index contributed by atoms with van der Waals surface area (Å²) in [4.78, 5) is 7.49. The molecule has 27 heavy (non-hydrogen) atoms. The van der Waals surface area contributed by atoms with Crippen LogP contribution in [0.3, 0.4) is 0 Å². The number of guanidine groups is 1. The van der Waals surface area contributed by atoms with E-state index in [-0.39, 0.29) is 18.1 Å². The summed E-state index contributed by atoms with van der Waals surface area (Å²) in [7, 11) is -3.19. The number of aromatic amines is 1. The Morgan fingerprint density at radius 1 is 1.26 bits per heavy atom. The summed E-state index contributed by atoms with van der Waals surface area (Å²) < 4.78 is 37.0. The van der Waals surface area contributed by atoms with Crippen molar-refractivity contribution in [3.8, 4) is 0 Å². The molecule has 1 aromatic carbocycles. The van der Waals surface area contributed by atoms with Gasteiger partial charge in [-0.05, 0) is 57.9 Å². The Labute approximate surface area is 160 Å². The fraction of sp³-hybridized carbons (Fsp3) is 0.526. The zero-order valence-corrected chi connectivity index (χ0v) is 17.2. The number of halogens is 1. The lowest BCUT2D eigenvalue weighted by atomic mass is 10.1. The van der Waals surface area contributed by atoms with Crippen molar-refractivity contribution in [1.29, 1.82) is 0 Å². The summed E-state index contributed by atoms with van der Waals surface area (Å²) in [5.74, 6) is 0.327. The van der Waals surface area contributed by atoms with Crippen molar-refractivity contribution in [3.63, 3.8) is 0 Å². The van der Waals surface area contributed by atoms with E-state index in [1.165, 1.54) is 12.1 Å². The number of benzene rings is 1. The van der Waals surface area contributed by atoms with Gasteiger partial charge in [-0.2, -0.15) is 0 Å². The van der Waals surface area contributed by atoms with Crippen molar-refractivity contribution in [2.24, 2.45) is 4.99 Å². The number of aromatic nitrogens is 1. The van der Waals surface area contributed by atoms with Crippen molar-refractivity contribution in [2.75, 3.05) is 25.4 Å². The van der Waals surface area contributed by atoms with Crippen LogP contribution in [0.15, 0.2) is 29.4 Å². The first-order valence-electron chi connectivity index (χ1n) is 9.14. The Hall–Kier alpha value is -2.09. The van der Waals surface area contributed by atoms with Crippen LogP contribution in [-0.4, -0.2) is 49.5 Å². The molecule has 0 atom stereocenters. The van der Waals surface area contributed by atoms with Gasteiger partial charge in [-0.25, -0.2) is 12.8 Å². The molecule has 8 heteroatoms. The molecule has 3 N–H and O–H groups in total. The molecule has 6 nitrogen and oxygen atoms in total. The molecule has 1 heterocycles. The minimum atomic E-state index is -3.19. The highest BCUT2D eigenvalue weighted by Gasteiger charge is 2.28. The molecule has 0 unspecified atom stereocenters. The summed E-state index contributed by atoms with van der Waals surface area (Å²) in [6, 6.07) is 4.68. The van der Waals surface area contributed by atoms with Crippen LogP contribution < -0.4 is 10.6 Å². The maximum absolute atomic E-state index is 13.5. The SMILES string of the molecule is CCNC(=NCCS(=O)(=O)C(C)(C)C)NCCc1c[nH]c2ccc(F)cc12. The molecule has 150 valence electrons. The molecule has 0 aliphatic heterocycles. The highest BCUT2D eigenvalue weighted by molar-refractivity contribution is 7.92. The van der Waals surface area contributed by atoms with Crippen molar-refractivity contribution >= 4 is 26.7 Å². The van der Waals surface area contributed by atoms with E-state index in [1.807, 2.05) is 13.1 Å². The average molecular weight is 397 g/mol. The number of hydrogen-bond donors (Lipinski definition) is 3. The third kappa shape index (κ3) is 5.69. The monoisotopic (exact) mass is 396 g/mol. The molecule has 2 rings (SSSR count). The molecule has 0 spiro atoms. The number of aliphatic imine (C=N–C) groups is 1. The van der Waals surface area contributed by atoms with E-state index in [4.69, 9.17) is 0 Å². The first-order valence-corrected chi connectivity index (χ1v) is 10.8. The predicted molar refractivity (Wildman–Crippen MR) is 109 cm³/mol. The lowest BCUT2D eigenvalue weighted by Gasteiger charge is -2.18. The van der Waals surface area contributed by atoms with Gasteiger partial charge in [0.1, 0.15) is 5.82 Å². The smallest absolute Gasteiger partial charge is 0.191 e. The normalized spacial score (nSPS) is 13.1. The van der Waals surface area contributed by atoms with E-state index >= 15 is 0 Å². The van der Waals surface area contributed by atoms with E-state index in [9.17, 15) is 12.8 Å². The quantitative estimate of drug-likeness (QED) is 0.496. The fourth-order valence-corrected chi connectivity index (χ4v) is 3.54. The molecular weight excluding hydrogens is 367 g/mol. The number of nitrogens with one attached hydrogen (secondary N) is 3. The van der Waals surface area contributed by atoms with Gasteiger partial charge in [0.15, 0.2) is 15.8 Å².